The molecule has 0 radical (unpaired) electrons. The summed E-state index contributed by atoms with van der Waals surface area (Å²) in [6, 6.07) is 39.9. The Kier molecular flexibility index (Phi) is 13.7. The highest BCUT2D eigenvalue weighted by molar-refractivity contribution is 6.12. The molecular weight excluding hydrogens is 805 g/mol. The molecule has 2 heterocycles. The van der Waals surface area contributed by atoms with E-state index in [2.05, 4.69) is 50.5 Å². The van der Waals surface area contributed by atoms with Crippen LogP contribution in [0.3, 0.4) is 0 Å². The van der Waals surface area contributed by atoms with E-state index in [0.29, 0.717) is 22.5 Å². The van der Waals surface area contributed by atoms with Crippen LogP contribution in [0.25, 0.3) is 45.1 Å². The lowest BCUT2D eigenvalue weighted by atomic mass is 9.87. The van der Waals surface area contributed by atoms with Gasteiger partial charge in [-0.05, 0) is 95.6 Å². The largest absolute Gasteiger partial charge is 0.480 e. The summed E-state index contributed by atoms with van der Waals surface area (Å²) in [7, 11) is 0. The smallest absolute Gasteiger partial charge is 0.323 e. The third-order valence-corrected chi connectivity index (χ3v) is 10.5. The van der Waals surface area contributed by atoms with Gasteiger partial charge in [-0.3, -0.25) is 19.2 Å². The first-order valence-corrected chi connectivity index (χ1v) is 20.3. The number of carboxylic acid groups (broad SMARTS) is 2. The van der Waals surface area contributed by atoms with E-state index in [0.717, 1.165) is 49.6 Å². The number of nitrogens with zero attached hydrogens (tertiary/aromatic N) is 4. The molecule has 4 N–H and O–H groups in total. The standard InChI is InChI=1S/C28H23N3O3.C24H23N3O3/c1-18-7-3-4-8-23(18)20-11-12-25(19(2)13-20)30-28(34)21(15-29)14-22-16-31(17-27(32)33)26-10-6-5-9-24(22)26;1-24(2,3)18-8-10-19(11-9-18)26-23(30)16(13-25)12-17-14-27(15-22(28)29)21-7-5-4-6-20(17)21/h3-14,16H,17H2,1-2H3,(H,30,34)(H,32,33);4-12,14H,15H2,1-3H3,(H,26,30)(H,28,29). The molecule has 320 valence electrons. The van der Waals surface area contributed by atoms with Crippen LogP contribution in [0.2, 0.25) is 0 Å². The van der Waals surface area contributed by atoms with Gasteiger partial charge in [0.05, 0.1) is 0 Å². The average molecular weight is 851 g/mol. The van der Waals surface area contributed by atoms with E-state index in [9.17, 15) is 34.8 Å². The minimum Gasteiger partial charge on any atom is -0.480 e. The quantitative estimate of drug-likeness (QED) is 0.0730. The molecule has 5 aromatic carbocycles. The number of aromatic nitrogens is 2. The Morgan fingerprint density at radius 3 is 1.58 bits per heavy atom. The van der Waals surface area contributed by atoms with Gasteiger partial charge < -0.3 is 30.0 Å². The van der Waals surface area contributed by atoms with Crippen LogP contribution in [0.15, 0.2) is 139 Å². The van der Waals surface area contributed by atoms with Gasteiger partial charge in [-0.1, -0.05) is 99.6 Å². The number of anilines is 2. The van der Waals surface area contributed by atoms with Crippen LogP contribution in [0, 0.1) is 36.5 Å². The van der Waals surface area contributed by atoms with E-state index in [1.165, 1.54) is 12.2 Å². The Morgan fingerprint density at radius 2 is 1.11 bits per heavy atom. The van der Waals surface area contributed by atoms with Crippen LogP contribution in [0.1, 0.15) is 48.6 Å². The van der Waals surface area contributed by atoms with Crippen LogP contribution >= 0.6 is 0 Å². The molecule has 0 bridgehead atoms. The van der Waals surface area contributed by atoms with E-state index in [1.807, 2.05) is 110 Å². The molecule has 0 atom stereocenters. The number of nitrogens with one attached hydrogen (secondary N) is 2. The third kappa shape index (κ3) is 10.7. The fourth-order valence-corrected chi connectivity index (χ4v) is 7.25. The summed E-state index contributed by atoms with van der Waals surface area (Å²) in [5.41, 5.74) is 9.12. The number of para-hydroxylation sites is 2. The van der Waals surface area contributed by atoms with Crippen LogP contribution in [0.5, 0.6) is 0 Å². The van der Waals surface area contributed by atoms with Crippen molar-refractivity contribution in [3.63, 3.8) is 0 Å². The van der Waals surface area contributed by atoms with Gasteiger partial charge in [0.15, 0.2) is 0 Å². The Labute approximate surface area is 370 Å². The van der Waals surface area contributed by atoms with Crippen molar-refractivity contribution >= 4 is 69.1 Å². The minimum absolute atomic E-state index is 0.00439. The van der Waals surface area contributed by atoms with Crippen molar-refractivity contribution in [2.75, 3.05) is 10.6 Å². The van der Waals surface area contributed by atoms with Crippen molar-refractivity contribution < 1.29 is 29.4 Å². The van der Waals surface area contributed by atoms with Crippen molar-refractivity contribution in [3.8, 4) is 23.3 Å². The molecule has 2 aromatic heterocycles. The number of aliphatic carboxylic acids is 2. The lowest BCUT2D eigenvalue weighted by Gasteiger charge is -2.19. The molecule has 64 heavy (non-hydrogen) atoms. The number of benzene rings is 5. The predicted molar refractivity (Wildman–Crippen MR) is 250 cm³/mol. The molecule has 0 fully saturated rings. The SMILES string of the molecule is CC(C)(C)c1ccc(NC(=O)C(C#N)=Cc2cn(CC(=O)O)c3ccccc23)cc1.Cc1cc(-c2ccccc2C)ccc1NC(=O)C(C#N)=Cc1cn(CC(=O)O)c2ccccc12. The van der Waals surface area contributed by atoms with Crippen LogP contribution in [0.4, 0.5) is 11.4 Å². The van der Waals surface area contributed by atoms with Gasteiger partial charge in [0.25, 0.3) is 11.8 Å². The minimum atomic E-state index is -0.973. The first-order chi connectivity index (χ1) is 30.6. The summed E-state index contributed by atoms with van der Waals surface area (Å²) in [5.74, 6) is -2.98. The monoisotopic (exact) mass is 850 g/mol. The summed E-state index contributed by atoms with van der Waals surface area (Å²) in [4.78, 5) is 47.9. The fraction of sp³-hybridized carbons (Fsp3) is 0.154. The summed E-state index contributed by atoms with van der Waals surface area (Å²) in [6.07, 6.45) is 6.26. The molecule has 12 heteroatoms. The molecule has 0 spiro atoms. The van der Waals surface area contributed by atoms with Gasteiger partial charge in [-0.2, -0.15) is 10.5 Å². The first kappa shape index (κ1) is 45.1. The number of fused-ring (bicyclic) bond motifs is 2. The molecule has 12 nitrogen and oxygen atoms in total. The van der Waals surface area contributed by atoms with Crippen LogP contribution in [-0.4, -0.2) is 43.1 Å². The number of carbonyl (C=O) groups excluding carboxylic acids is 2. The Hall–Kier alpha value is -8.48. The number of hydrogen-bond donors (Lipinski definition) is 4. The molecular formula is C52H46N6O6. The fourth-order valence-electron chi connectivity index (χ4n) is 7.25. The van der Waals surface area contributed by atoms with Crippen molar-refractivity contribution in [1.29, 1.82) is 10.5 Å². The van der Waals surface area contributed by atoms with Gasteiger partial charge in [0, 0.05) is 56.7 Å². The topological polar surface area (TPSA) is 190 Å². The zero-order chi connectivity index (χ0) is 46.1. The molecule has 0 saturated heterocycles. The zero-order valence-corrected chi connectivity index (χ0v) is 36.0. The van der Waals surface area contributed by atoms with Gasteiger partial charge >= 0.3 is 11.9 Å². The average Bonchev–Trinajstić information content (AvgIpc) is 3.78. The Bertz CT molecular complexity index is 3080. The maximum absolute atomic E-state index is 12.9. The molecule has 7 aromatic rings. The second-order valence-corrected chi connectivity index (χ2v) is 16.2. The van der Waals surface area contributed by atoms with E-state index in [4.69, 9.17) is 5.11 Å². The molecule has 0 saturated carbocycles. The molecule has 0 aliphatic rings. The number of hydrogen-bond acceptors (Lipinski definition) is 6. The molecule has 0 unspecified atom stereocenters. The third-order valence-electron chi connectivity index (χ3n) is 10.5. The zero-order valence-electron chi connectivity index (χ0n) is 36.0. The number of rotatable bonds is 11. The Morgan fingerprint density at radius 1 is 0.625 bits per heavy atom. The maximum atomic E-state index is 12.9. The second-order valence-electron chi connectivity index (χ2n) is 16.2. The molecule has 7 rings (SSSR count). The number of amides is 2. The lowest BCUT2D eigenvalue weighted by Crippen LogP contribution is -2.14. The molecule has 0 aliphatic heterocycles. The summed E-state index contributed by atoms with van der Waals surface area (Å²) < 4.78 is 3.17. The van der Waals surface area contributed by atoms with E-state index < -0.39 is 23.8 Å². The van der Waals surface area contributed by atoms with E-state index >= 15 is 0 Å². The number of carboxylic acids is 2. The van der Waals surface area contributed by atoms with Gasteiger partial charge in [-0.15, -0.1) is 0 Å². The molecule has 2 amide bonds. The normalized spacial score (nSPS) is 11.5. The van der Waals surface area contributed by atoms with E-state index in [-0.39, 0.29) is 29.7 Å². The Balaban J connectivity index is 0.000000214. The van der Waals surface area contributed by atoms with Gasteiger partial charge in [0.2, 0.25) is 0 Å². The second kappa shape index (κ2) is 19.5. The van der Waals surface area contributed by atoms with E-state index in [1.54, 1.807) is 33.7 Å². The summed E-state index contributed by atoms with van der Waals surface area (Å²) in [5, 5.41) is 44.7. The highest BCUT2D eigenvalue weighted by Crippen LogP contribution is 2.29. The predicted octanol–water partition coefficient (Wildman–Crippen LogP) is 10.1. The highest BCUT2D eigenvalue weighted by atomic mass is 16.4. The van der Waals surface area contributed by atoms with Gasteiger partial charge in [0.1, 0.15) is 36.4 Å². The molecule has 0 aliphatic carbocycles. The summed E-state index contributed by atoms with van der Waals surface area (Å²) in [6.45, 7) is 9.87. The van der Waals surface area contributed by atoms with Crippen molar-refractivity contribution in [1.82, 2.24) is 9.13 Å². The first-order valence-electron chi connectivity index (χ1n) is 20.3. The lowest BCUT2D eigenvalue weighted by molar-refractivity contribution is -0.138. The van der Waals surface area contributed by atoms with Crippen LogP contribution < -0.4 is 10.6 Å². The summed E-state index contributed by atoms with van der Waals surface area (Å²) >= 11 is 0. The highest BCUT2D eigenvalue weighted by Gasteiger charge is 2.18. The number of aryl methyl sites for hydroxylation is 2. The van der Waals surface area contributed by atoms with Crippen LogP contribution in [-0.2, 0) is 37.7 Å². The van der Waals surface area contributed by atoms with Gasteiger partial charge in [-0.25, -0.2) is 0 Å². The van der Waals surface area contributed by atoms with Crippen molar-refractivity contribution in [2.24, 2.45) is 0 Å². The maximum Gasteiger partial charge on any atom is 0.323 e. The van der Waals surface area contributed by atoms with Crippen molar-refractivity contribution in [3.05, 3.63) is 167 Å². The van der Waals surface area contributed by atoms with Crippen molar-refractivity contribution in [2.45, 2.75) is 53.1 Å². The number of carbonyl (C=O) groups is 4. The number of nitriles is 2.